The van der Waals surface area contributed by atoms with Crippen LogP contribution < -0.4 is 5.69 Å². The lowest BCUT2D eigenvalue weighted by Gasteiger charge is -2.32. The van der Waals surface area contributed by atoms with E-state index in [1.54, 1.807) is 24.3 Å². The van der Waals surface area contributed by atoms with Gasteiger partial charge in [-0.2, -0.15) is 0 Å². The number of piperidine rings is 1. The van der Waals surface area contributed by atoms with Gasteiger partial charge < -0.3 is 9.88 Å². The molecule has 146 valence electrons. The van der Waals surface area contributed by atoms with Gasteiger partial charge in [0.25, 0.3) is 0 Å². The molecule has 0 atom stereocenters. The number of hydrogen-bond donors (Lipinski definition) is 1. The first-order chi connectivity index (χ1) is 13.6. The van der Waals surface area contributed by atoms with E-state index in [0.29, 0.717) is 11.4 Å². The van der Waals surface area contributed by atoms with Gasteiger partial charge in [0.1, 0.15) is 0 Å². The molecular formula is C22H24ClN3O2. The highest BCUT2D eigenvalue weighted by atomic mass is 35.5. The van der Waals surface area contributed by atoms with Crippen LogP contribution in [0.3, 0.4) is 0 Å². The molecule has 1 aliphatic rings. The van der Waals surface area contributed by atoms with Crippen LogP contribution in [0, 0.1) is 0 Å². The summed E-state index contributed by atoms with van der Waals surface area (Å²) in [6.45, 7) is 2.81. The van der Waals surface area contributed by atoms with Gasteiger partial charge in [0.15, 0.2) is 5.78 Å². The largest absolute Gasteiger partial charge is 0.326 e. The van der Waals surface area contributed by atoms with Gasteiger partial charge in [-0.05, 0) is 62.2 Å². The van der Waals surface area contributed by atoms with Crippen LogP contribution in [0.25, 0.3) is 11.0 Å². The summed E-state index contributed by atoms with van der Waals surface area (Å²) >= 11 is 5.87. The molecule has 0 unspecified atom stereocenters. The van der Waals surface area contributed by atoms with Crippen molar-refractivity contribution in [2.75, 3.05) is 19.6 Å². The van der Waals surface area contributed by atoms with Crippen molar-refractivity contribution in [3.8, 4) is 0 Å². The highest BCUT2D eigenvalue weighted by molar-refractivity contribution is 6.30. The van der Waals surface area contributed by atoms with Crippen molar-refractivity contribution in [2.24, 2.45) is 0 Å². The van der Waals surface area contributed by atoms with E-state index in [1.807, 2.05) is 28.8 Å². The molecule has 0 radical (unpaired) electrons. The molecule has 3 aromatic rings. The van der Waals surface area contributed by atoms with E-state index in [9.17, 15) is 9.59 Å². The van der Waals surface area contributed by atoms with Crippen molar-refractivity contribution < 1.29 is 4.79 Å². The maximum absolute atomic E-state index is 12.4. The third-order valence-corrected chi connectivity index (χ3v) is 5.84. The van der Waals surface area contributed by atoms with E-state index < -0.39 is 0 Å². The van der Waals surface area contributed by atoms with E-state index in [4.69, 9.17) is 11.6 Å². The number of fused-ring (bicyclic) bond motifs is 1. The fourth-order valence-electron chi connectivity index (χ4n) is 4.08. The summed E-state index contributed by atoms with van der Waals surface area (Å²) in [5, 5.41) is 0.647. The van der Waals surface area contributed by atoms with E-state index in [0.717, 1.165) is 55.5 Å². The second-order valence-corrected chi connectivity index (χ2v) is 7.86. The SMILES string of the molecule is O=C(CCCN1CCC(n2c(=O)[nH]c3ccccc32)CC1)c1ccc(Cl)cc1. The predicted molar refractivity (Wildman–Crippen MR) is 112 cm³/mol. The molecule has 0 spiro atoms. The summed E-state index contributed by atoms with van der Waals surface area (Å²) in [5.41, 5.74) is 2.59. The topological polar surface area (TPSA) is 58.1 Å². The summed E-state index contributed by atoms with van der Waals surface area (Å²) in [5.74, 6) is 0.164. The third-order valence-electron chi connectivity index (χ3n) is 5.59. The quantitative estimate of drug-likeness (QED) is 0.631. The minimum absolute atomic E-state index is 0.0202. The maximum atomic E-state index is 12.4. The third kappa shape index (κ3) is 4.05. The Morgan fingerprint density at radius 3 is 2.54 bits per heavy atom. The lowest BCUT2D eigenvalue weighted by atomic mass is 10.0. The van der Waals surface area contributed by atoms with E-state index in [-0.39, 0.29) is 17.5 Å². The van der Waals surface area contributed by atoms with Crippen LogP contribution in [0.15, 0.2) is 53.3 Å². The fourth-order valence-corrected chi connectivity index (χ4v) is 4.21. The number of halogens is 1. The number of rotatable bonds is 6. The number of para-hydroxylation sites is 2. The minimum atomic E-state index is -0.0202. The molecule has 5 nitrogen and oxygen atoms in total. The van der Waals surface area contributed by atoms with Crippen molar-refractivity contribution in [3.05, 3.63) is 69.6 Å². The molecule has 1 saturated heterocycles. The van der Waals surface area contributed by atoms with E-state index in [2.05, 4.69) is 9.88 Å². The highest BCUT2D eigenvalue weighted by Gasteiger charge is 2.23. The fraction of sp³-hybridized carbons (Fsp3) is 0.364. The summed E-state index contributed by atoms with van der Waals surface area (Å²) in [6.07, 6.45) is 3.29. The van der Waals surface area contributed by atoms with Crippen LogP contribution in [-0.4, -0.2) is 39.9 Å². The number of aromatic nitrogens is 2. The molecule has 28 heavy (non-hydrogen) atoms. The Hall–Kier alpha value is -2.37. The molecular weight excluding hydrogens is 374 g/mol. The number of carbonyl (C=O) groups excluding carboxylic acids is 1. The lowest BCUT2D eigenvalue weighted by Crippen LogP contribution is -2.37. The number of benzene rings is 2. The van der Waals surface area contributed by atoms with Gasteiger partial charge in [0, 0.05) is 36.1 Å². The van der Waals surface area contributed by atoms with E-state index in [1.165, 1.54) is 0 Å². The Bertz CT molecular complexity index is 1010. The zero-order valence-electron chi connectivity index (χ0n) is 15.7. The van der Waals surface area contributed by atoms with E-state index >= 15 is 0 Å². The Balaban J connectivity index is 1.28. The first-order valence-corrected chi connectivity index (χ1v) is 10.2. The molecule has 6 heteroatoms. The Kier molecular flexibility index (Phi) is 5.64. The molecule has 1 fully saturated rings. The molecule has 2 aromatic carbocycles. The number of H-pyrrole nitrogens is 1. The van der Waals surface area contributed by atoms with Crippen LogP contribution in [0.4, 0.5) is 0 Å². The van der Waals surface area contributed by atoms with Gasteiger partial charge in [-0.15, -0.1) is 0 Å². The molecule has 0 amide bonds. The smallest absolute Gasteiger partial charge is 0.306 e. The van der Waals surface area contributed by atoms with Crippen molar-refractivity contribution in [1.82, 2.24) is 14.5 Å². The molecule has 1 aliphatic heterocycles. The average molecular weight is 398 g/mol. The van der Waals surface area contributed by atoms with Crippen LogP contribution >= 0.6 is 11.6 Å². The summed E-state index contributed by atoms with van der Waals surface area (Å²) in [6, 6.07) is 15.2. The number of nitrogens with zero attached hydrogens (tertiary/aromatic N) is 2. The maximum Gasteiger partial charge on any atom is 0.326 e. The summed E-state index contributed by atoms with van der Waals surface area (Å²) < 4.78 is 1.91. The minimum Gasteiger partial charge on any atom is -0.306 e. The summed E-state index contributed by atoms with van der Waals surface area (Å²) in [7, 11) is 0. The predicted octanol–water partition coefficient (Wildman–Crippen LogP) is 4.28. The number of nitrogens with one attached hydrogen (secondary N) is 1. The Morgan fingerprint density at radius 2 is 1.79 bits per heavy atom. The first kappa shape index (κ1) is 19.0. The molecule has 4 rings (SSSR count). The number of carbonyl (C=O) groups is 1. The second kappa shape index (κ2) is 8.33. The molecule has 0 saturated carbocycles. The van der Waals surface area contributed by atoms with Crippen molar-refractivity contribution in [1.29, 1.82) is 0 Å². The molecule has 1 aromatic heterocycles. The number of likely N-dealkylation sites (tertiary alicyclic amines) is 1. The zero-order valence-corrected chi connectivity index (χ0v) is 16.5. The zero-order chi connectivity index (χ0) is 19.5. The van der Waals surface area contributed by atoms with Gasteiger partial charge in [-0.25, -0.2) is 4.79 Å². The standard InChI is InChI=1S/C22H24ClN3O2/c23-17-9-7-16(8-10-17)21(27)6-3-13-25-14-11-18(12-15-25)26-20-5-2-1-4-19(20)24-22(26)28/h1-2,4-5,7-10,18H,3,6,11-15H2,(H,24,28). The number of imidazole rings is 1. The number of aromatic amines is 1. The van der Waals surface area contributed by atoms with Crippen molar-refractivity contribution in [2.45, 2.75) is 31.7 Å². The van der Waals surface area contributed by atoms with Crippen LogP contribution in [-0.2, 0) is 0 Å². The first-order valence-electron chi connectivity index (χ1n) is 9.82. The van der Waals surface area contributed by atoms with Crippen LogP contribution in [0.5, 0.6) is 0 Å². The molecule has 2 heterocycles. The van der Waals surface area contributed by atoms with Crippen molar-refractivity contribution >= 4 is 28.4 Å². The second-order valence-electron chi connectivity index (χ2n) is 7.42. The normalized spacial score (nSPS) is 15.9. The average Bonchev–Trinajstić information content (AvgIpc) is 3.05. The van der Waals surface area contributed by atoms with Crippen molar-refractivity contribution in [3.63, 3.8) is 0 Å². The molecule has 1 N–H and O–H groups in total. The Morgan fingerprint density at radius 1 is 1.07 bits per heavy atom. The highest BCUT2D eigenvalue weighted by Crippen LogP contribution is 2.25. The number of hydrogen-bond acceptors (Lipinski definition) is 3. The number of ketones is 1. The van der Waals surface area contributed by atoms with Crippen LogP contribution in [0.2, 0.25) is 5.02 Å². The van der Waals surface area contributed by atoms with Gasteiger partial charge in [-0.1, -0.05) is 23.7 Å². The van der Waals surface area contributed by atoms with Gasteiger partial charge >= 0.3 is 5.69 Å². The van der Waals surface area contributed by atoms with Gasteiger partial charge in [-0.3, -0.25) is 9.36 Å². The monoisotopic (exact) mass is 397 g/mol. The lowest BCUT2D eigenvalue weighted by molar-refractivity contribution is 0.0970. The molecule has 0 bridgehead atoms. The van der Waals surface area contributed by atoms with Gasteiger partial charge in [0.2, 0.25) is 0 Å². The molecule has 0 aliphatic carbocycles. The van der Waals surface area contributed by atoms with Crippen LogP contribution in [0.1, 0.15) is 42.1 Å². The summed E-state index contributed by atoms with van der Waals surface area (Å²) in [4.78, 5) is 30.0. The number of Topliss-reactive ketones (excluding diaryl/α,β-unsaturated/α-hetero) is 1. The van der Waals surface area contributed by atoms with Gasteiger partial charge in [0.05, 0.1) is 11.0 Å². The Labute approximate surface area is 168 Å².